The van der Waals surface area contributed by atoms with E-state index in [1.807, 2.05) is 0 Å². The molecule has 0 radical (unpaired) electrons. The van der Waals surface area contributed by atoms with Crippen LogP contribution in [0.15, 0.2) is 45.9 Å². The Kier molecular flexibility index (Phi) is 4.12. The van der Waals surface area contributed by atoms with Gasteiger partial charge in [0.05, 0.1) is 16.2 Å². The molecule has 0 saturated carbocycles. The molecule has 0 N–H and O–H groups in total. The summed E-state index contributed by atoms with van der Waals surface area (Å²) in [4.78, 5) is 3.81. The zero-order valence-electron chi connectivity index (χ0n) is 10.6. The Balaban J connectivity index is 2.53. The molecule has 0 bridgehead atoms. The fourth-order valence-electron chi connectivity index (χ4n) is 1.72. The lowest BCUT2D eigenvalue weighted by Crippen LogP contribution is -2.05. The summed E-state index contributed by atoms with van der Waals surface area (Å²) in [5.41, 5.74) is -0.200. The van der Waals surface area contributed by atoms with Crippen molar-refractivity contribution in [1.29, 1.82) is 0 Å². The van der Waals surface area contributed by atoms with Crippen LogP contribution >= 0.6 is 15.9 Å². The summed E-state index contributed by atoms with van der Waals surface area (Å²) in [6.45, 7) is 0. The van der Waals surface area contributed by atoms with Crippen molar-refractivity contribution >= 4 is 25.8 Å². The minimum Gasteiger partial charge on any atom is -0.256 e. The van der Waals surface area contributed by atoms with E-state index >= 15 is 0 Å². The van der Waals surface area contributed by atoms with Crippen LogP contribution in [0.4, 0.5) is 13.2 Å². The molecule has 0 aliphatic carbocycles. The zero-order valence-corrected chi connectivity index (χ0v) is 13.1. The second-order valence-electron chi connectivity index (χ2n) is 4.32. The van der Waals surface area contributed by atoms with Gasteiger partial charge in [0, 0.05) is 22.5 Å². The summed E-state index contributed by atoms with van der Waals surface area (Å²) in [6.07, 6.45) is -2.69. The number of pyridine rings is 1. The normalized spacial score (nSPS) is 12.4. The van der Waals surface area contributed by atoms with E-state index in [1.54, 1.807) is 6.07 Å². The van der Waals surface area contributed by atoms with Crippen LogP contribution < -0.4 is 0 Å². The molecule has 1 aromatic carbocycles. The van der Waals surface area contributed by atoms with Gasteiger partial charge in [0.2, 0.25) is 0 Å². The second kappa shape index (κ2) is 5.42. The zero-order chi connectivity index (χ0) is 15.8. The number of halogens is 4. The molecule has 0 fully saturated rings. The lowest BCUT2D eigenvalue weighted by atomic mass is 10.1. The first kappa shape index (κ1) is 16.0. The average Bonchev–Trinajstić information content (AvgIpc) is 2.37. The Labute approximate surface area is 127 Å². The van der Waals surface area contributed by atoms with Gasteiger partial charge in [0.15, 0.2) is 9.84 Å². The summed E-state index contributed by atoms with van der Waals surface area (Å²) >= 11 is 3.17. The van der Waals surface area contributed by atoms with E-state index in [1.165, 1.54) is 18.2 Å². The van der Waals surface area contributed by atoms with E-state index in [4.69, 9.17) is 0 Å². The van der Waals surface area contributed by atoms with Gasteiger partial charge >= 0.3 is 6.18 Å². The SMILES string of the molecule is CS(=O)(=O)c1cccc(-c2ccc(C(F)(F)F)cn2)c1Br. The molecule has 1 heterocycles. The van der Waals surface area contributed by atoms with Crippen molar-refractivity contribution in [2.45, 2.75) is 11.1 Å². The fraction of sp³-hybridized carbons (Fsp3) is 0.154. The average molecular weight is 380 g/mol. The molecule has 0 atom stereocenters. The van der Waals surface area contributed by atoms with Crippen molar-refractivity contribution in [3.8, 4) is 11.3 Å². The van der Waals surface area contributed by atoms with Crippen molar-refractivity contribution in [2.24, 2.45) is 0 Å². The molecule has 0 aliphatic heterocycles. The Morgan fingerprint density at radius 2 is 1.81 bits per heavy atom. The summed E-state index contributed by atoms with van der Waals surface area (Å²) in [7, 11) is -3.45. The maximum Gasteiger partial charge on any atom is 0.417 e. The van der Waals surface area contributed by atoms with Crippen LogP contribution in [0.25, 0.3) is 11.3 Å². The molecular formula is C13H9BrF3NO2S. The number of nitrogens with zero attached hydrogens (tertiary/aromatic N) is 1. The van der Waals surface area contributed by atoms with Crippen molar-refractivity contribution < 1.29 is 21.6 Å². The van der Waals surface area contributed by atoms with Crippen LogP contribution in [0.3, 0.4) is 0 Å². The molecule has 3 nitrogen and oxygen atoms in total. The Morgan fingerprint density at radius 1 is 1.14 bits per heavy atom. The Hall–Kier alpha value is -1.41. The third kappa shape index (κ3) is 3.44. The lowest BCUT2D eigenvalue weighted by Gasteiger charge is -2.10. The Bertz CT molecular complexity index is 771. The highest BCUT2D eigenvalue weighted by Gasteiger charge is 2.30. The van der Waals surface area contributed by atoms with Crippen LogP contribution in [0.5, 0.6) is 0 Å². The van der Waals surface area contributed by atoms with Gasteiger partial charge in [-0.1, -0.05) is 12.1 Å². The molecule has 112 valence electrons. The van der Waals surface area contributed by atoms with Crippen molar-refractivity contribution in [3.05, 3.63) is 46.6 Å². The predicted octanol–water partition coefficient (Wildman–Crippen LogP) is 3.93. The van der Waals surface area contributed by atoms with Gasteiger partial charge < -0.3 is 0 Å². The van der Waals surface area contributed by atoms with E-state index in [0.717, 1.165) is 18.5 Å². The molecule has 0 amide bonds. The first-order valence-corrected chi connectivity index (χ1v) is 8.31. The van der Waals surface area contributed by atoms with E-state index in [2.05, 4.69) is 20.9 Å². The van der Waals surface area contributed by atoms with Gasteiger partial charge in [-0.25, -0.2) is 8.42 Å². The monoisotopic (exact) mass is 379 g/mol. The molecule has 1 aromatic heterocycles. The highest BCUT2D eigenvalue weighted by molar-refractivity contribution is 9.10. The number of aromatic nitrogens is 1. The number of sulfone groups is 1. The number of hydrogen-bond acceptors (Lipinski definition) is 3. The first-order valence-electron chi connectivity index (χ1n) is 5.63. The maximum absolute atomic E-state index is 12.5. The van der Waals surface area contributed by atoms with Gasteiger partial charge in [0.25, 0.3) is 0 Å². The van der Waals surface area contributed by atoms with Gasteiger partial charge in [0.1, 0.15) is 0 Å². The van der Waals surface area contributed by atoms with Crippen LogP contribution in [0.2, 0.25) is 0 Å². The number of rotatable bonds is 2. The van der Waals surface area contributed by atoms with E-state index in [9.17, 15) is 21.6 Å². The van der Waals surface area contributed by atoms with E-state index < -0.39 is 21.6 Å². The van der Waals surface area contributed by atoms with Crippen molar-refractivity contribution in [2.75, 3.05) is 6.26 Å². The molecule has 2 rings (SSSR count). The van der Waals surface area contributed by atoms with Crippen molar-refractivity contribution in [1.82, 2.24) is 4.98 Å². The van der Waals surface area contributed by atoms with Crippen LogP contribution in [-0.4, -0.2) is 19.7 Å². The third-order valence-corrected chi connectivity index (χ3v) is 4.99. The first-order chi connectivity index (χ1) is 9.60. The second-order valence-corrected chi connectivity index (χ2v) is 7.10. The molecule has 0 saturated heterocycles. The van der Waals surface area contributed by atoms with Gasteiger partial charge in [-0.05, 0) is 34.1 Å². The molecule has 0 spiro atoms. The molecule has 21 heavy (non-hydrogen) atoms. The maximum atomic E-state index is 12.5. The molecule has 0 aliphatic rings. The quantitative estimate of drug-likeness (QED) is 0.793. The van der Waals surface area contributed by atoms with Gasteiger partial charge in [-0.15, -0.1) is 0 Å². The number of alkyl halides is 3. The van der Waals surface area contributed by atoms with E-state index in [0.29, 0.717) is 5.56 Å². The van der Waals surface area contributed by atoms with Gasteiger partial charge in [-0.2, -0.15) is 13.2 Å². The number of hydrogen-bond donors (Lipinski definition) is 0. The fourth-order valence-corrected chi connectivity index (χ4v) is 3.83. The summed E-state index contributed by atoms with van der Waals surface area (Å²) in [5, 5.41) is 0. The van der Waals surface area contributed by atoms with E-state index in [-0.39, 0.29) is 15.1 Å². The predicted molar refractivity (Wildman–Crippen MR) is 75.5 cm³/mol. The summed E-state index contributed by atoms with van der Waals surface area (Å²) in [6, 6.07) is 6.61. The summed E-state index contributed by atoms with van der Waals surface area (Å²) < 4.78 is 61.0. The standard InChI is InChI=1S/C13H9BrF3NO2S/c1-21(19,20)11-4-2-3-9(12(11)14)10-6-5-8(7-18-10)13(15,16)17/h2-7H,1H3. The highest BCUT2D eigenvalue weighted by Crippen LogP contribution is 2.34. The minimum absolute atomic E-state index is 0.0571. The molecule has 2 aromatic rings. The third-order valence-electron chi connectivity index (χ3n) is 2.73. The molecule has 8 heteroatoms. The summed E-state index contributed by atoms with van der Waals surface area (Å²) in [5.74, 6) is 0. The Morgan fingerprint density at radius 3 is 2.29 bits per heavy atom. The number of benzene rings is 1. The minimum atomic E-state index is -4.46. The largest absolute Gasteiger partial charge is 0.417 e. The topological polar surface area (TPSA) is 47.0 Å². The molecular weight excluding hydrogens is 371 g/mol. The van der Waals surface area contributed by atoms with Crippen LogP contribution in [0, 0.1) is 0 Å². The highest BCUT2D eigenvalue weighted by atomic mass is 79.9. The van der Waals surface area contributed by atoms with Crippen molar-refractivity contribution in [3.63, 3.8) is 0 Å². The smallest absolute Gasteiger partial charge is 0.256 e. The molecule has 0 unspecified atom stereocenters. The van der Waals surface area contributed by atoms with Gasteiger partial charge in [-0.3, -0.25) is 4.98 Å². The van der Waals surface area contributed by atoms with Crippen LogP contribution in [-0.2, 0) is 16.0 Å². The lowest BCUT2D eigenvalue weighted by molar-refractivity contribution is -0.137. The van der Waals surface area contributed by atoms with Crippen LogP contribution in [0.1, 0.15) is 5.56 Å².